The first-order valence-electron chi connectivity index (χ1n) is 5.93. The Kier molecular flexibility index (Phi) is 5.69. The van der Waals surface area contributed by atoms with Gasteiger partial charge in [-0.25, -0.2) is 0 Å². The summed E-state index contributed by atoms with van der Waals surface area (Å²) < 4.78 is 0. The number of carbonyl (C=O) groups excluding carboxylic acids is 1. The van der Waals surface area contributed by atoms with E-state index in [0.717, 1.165) is 10.9 Å². The van der Waals surface area contributed by atoms with Gasteiger partial charge in [0.2, 0.25) is 5.91 Å². The fraction of sp³-hybridized carbons (Fsp3) is 0.500. The summed E-state index contributed by atoms with van der Waals surface area (Å²) in [7, 11) is 0. The molecule has 0 aliphatic heterocycles. The highest BCUT2D eigenvalue weighted by Crippen LogP contribution is 2.08. The van der Waals surface area contributed by atoms with Gasteiger partial charge in [-0.2, -0.15) is 0 Å². The van der Waals surface area contributed by atoms with Gasteiger partial charge in [0.15, 0.2) is 0 Å². The average molecular weight is 298 g/mol. The molecule has 17 heavy (non-hydrogen) atoms. The standard InChI is InChI=1S/C14H20BrNO/c1-10-5-4-6-13(7-10)8-14(17)16-12(3)11(2)9-15/h4-7,11-12H,8-9H2,1-3H3,(H,16,17). The average Bonchev–Trinajstić information content (AvgIpc) is 2.27. The number of hydrogen-bond acceptors (Lipinski definition) is 1. The van der Waals surface area contributed by atoms with E-state index in [4.69, 9.17) is 0 Å². The van der Waals surface area contributed by atoms with Gasteiger partial charge >= 0.3 is 0 Å². The number of aryl methyl sites for hydroxylation is 1. The zero-order valence-corrected chi connectivity index (χ0v) is 12.3. The first-order valence-corrected chi connectivity index (χ1v) is 7.06. The van der Waals surface area contributed by atoms with Gasteiger partial charge in [0.05, 0.1) is 6.42 Å². The van der Waals surface area contributed by atoms with Crippen LogP contribution in [0, 0.1) is 12.8 Å². The number of carbonyl (C=O) groups is 1. The summed E-state index contributed by atoms with van der Waals surface area (Å²) in [5, 5.41) is 3.93. The first-order chi connectivity index (χ1) is 8.02. The van der Waals surface area contributed by atoms with Crippen LogP contribution in [0.1, 0.15) is 25.0 Å². The van der Waals surface area contributed by atoms with Crippen molar-refractivity contribution in [3.63, 3.8) is 0 Å². The van der Waals surface area contributed by atoms with Gasteiger partial charge in [-0.05, 0) is 25.3 Å². The summed E-state index contributed by atoms with van der Waals surface area (Å²) in [6, 6.07) is 8.27. The molecule has 0 saturated carbocycles. The molecule has 1 aromatic carbocycles. The Labute approximate surface area is 112 Å². The number of halogens is 1. The van der Waals surface area contributed by atoms with Crippen molar-refractivity contribution in [3.8, 4) is 0 Å². The maximum Gasteiger partial charge on any atom is 0.224 e. The van der Waals surface area contributed by atoms with Crippen LogP contribution in [0.15, 0.2) is 24.3 Å². The van der Waals surface area contributed by atoms with E-state index in [1.165, 1.54) is 5.56 Å². The van der Waals surface area contributed by atoms with Crippen molar-refractivity contribution in [2.24, 2.45) is 5.92 Å². The molecule has 0 spiro atoms. The van der Waals surface area contributed by atoms with Crippen LogP contribution >= 0.6 is 15.9 Å². The highest BCUT2D eigenvalue weighted by Gasteiger charge is 2.13. The Balaban J connectivity index is 2.50. The van der Waals surface area contributed by atoms with Crippen molar-refractivity contribution in [1.82, 2.24) is 5.32 Å². The molecule has 0 aliphatic rings. The lowest BCUT2D eigenvalue weighted by atomic mass is 10.1. The topological polar surface area (TPSA) is 29.1 Å². The lowest BCUT2D eigenvalue weighted by molar-refractivity contribution is -0.121. The predicted octanol–water partition coefficient (Wildman–Crippen LogP) is 3.07. The van der Waals surface area contributed by atoms with Crippen LogP contribution in [0.3, 0.4) is 0 Å². The summed E-state index contributed by atoms with van der Waals surface area (Å²) in [4.78, 5) is 11.8. The molecule has 2 unspecified atom stereocenters. The van der Waals surface area contributed by atoms with Crippen LogP contribution in [0.4, 0.5) is 0 Å². The quantitative estimate of drug-likeness (QED) is 0.832. The van der Waals surface area contributed by atoms with Gasteiger partial charge in [0.25, 0.3) is 0 Å². The Morgan fingerprint density at radius 1 is 1.41 bits per heavy atom. The third-order valence-electron chi connectivity index (χ3n) is 2.93. The lowest BCUT2D eigenvalue weighted by Crippen LogP contribution is -2.38. The molecule has 0 fully saturated rings. The second kappa shape index (κ2) is 6.80. The number of nitrogens with one attached hydrogen (secondary N) is 1. The van der Waals surface area contributed by atoms with Crippen molar-refractivity contribution in [3.05, 3.63) is 35.4 Å². The monoisotopic (exact) mass is 297 g/mol. The van der Waals surface area contributed by atoms with Crippen LogP contribution in [0.25, 0.3) is 0 Å². The second-order valence-corrected chi connectivity index (χ2v) is 5.30. The summed E-state index contributed by atoms with van der Waals surface area (Å²) in [5.41, 5.74) is 2.26. The van der Waals surface area contributed by atoms with E-state index in [9.17, 15) is 4.79 Å². The first kappa shape index (κ1) is 14.2. The van der Waals surface area contributed by atoms with Crippen molar-refractivity contribution in [2.45, 2.75) is 33.2 Å². The number of hydrogen-bond donors (Lipinski definition) is 1. The van der Waals surface area contributed by atoms with Crippen LogP contribution in [-0.4, -0.2) is 17.3 Å². The van der Waals surface area contributed by atoms with E-state index >= 15 is 0 Å². The second-order valence-electron chi connectivity index (χ2n) is 4.65. The minimum Gasteiger partial charge on any atom is -0.353 e. The van der Waals surface area contributed by atoms with Gasteiger partial charge in [0.1, 0.15) is 0 Å². The molecular formula is C14H20BrNO. The molecule has 0 radical (unpaired) electrons. The molecule has 0 aliphatic carbocycles. The molecule has 0 heterocycles. The normalized spacial score (nSPS) is 14.1. The summed E-state index contributed by atoms with van der Waals surface area (Å²) in [6.07, 6.45) is 0.459. The highest BCUT2D eigenvalue weighted by atomic mass is 79.9. The molecule has 0 bridgehead atoms. The molecule has 0 saturated heterocycles. The van der Waals surface area contributed by atoms with Crippen LogP contribution in [-0.2, 0) is 11.2 Å². The van der Waals surface area contributed by atoms with Crippen molar-refractivity contribution in [2.75, 3.05) is 5.33 Å². The van der Waals surface area contributed by atoms with Gasteiger partial charge < -0.3 is 5.32 Å². The maximum absolute atomic E-state index is 11.8. The molecule has 2 nitrogen and oxygen atoms in total. The smallest absolute Gasteiger partial charge is 0.224 e. The largest absolute Gasteiger partial charge is 0.353 e. The van der Waals surface area contributed by atoms with Crippen molar-refractivity contribution in [1.29, 1.82) is 0 Å². The Hall–Kier alpha value is -0.830. The third kappa shape index (κ3) is 4.90. The summed E-state index contributed by atoms with van der Waals surface area (Å²) >= 11 is 3.43. The Morgan fingerprint density at radius 3 is 2.71 bits per heavy atom. The molecule has 2 atom stereocenters. The molecule has 1 rings (SSSR count). The third-order valence-corrected chi connectivity index (χ3v) is 3.95. The lowest BCUT2D eigenvalue weighted by Gasteiger charge is -2.19. The molecule has 3 heteroatoms. The van der Waals surface area contributed by atoms with E-state index in [1.807, 2.05) is 32.0 Å². The maximum atomic E-state index is 11.8. The number of alkyl halides is 1. The number of amides is 1. The Morgan fingerprint density at radius 2 is 2.12 bits per heavy atom. The zero-order valence-electron chi connectivity index (χ0n) is 10.7. The van der Waals surface area contributed by atoms with Gasteiger partial charge in [-0.15, -0.1) is 0 Å². The highest BCUT2D eigenvalue weighted by molar-refractivity contribution is 9.09. The summed E-state index contributed by atoms with van der Waals surface area (Å²) in [6.45, 7) is 6.20. The summed E-state index contributed by atoms with van der Waals surface area (Å²) in [5.74, 6) is 0.535. The van der Waals surface area contributed by atoms with E-state index in [-0.39, 0.29) is 11.9 Å². The van der Waals surface area contributed by atoms with Crippen LogP contribution in [0.5, 0.6) is 0 Å². The van der Waals surface area contributed by atoms with Gasteiger partial charge in [0, 0.05) is 11.4 Å². The number of rotatable bonds is 5. The van der Waals surface area contributed by atoms with Crippen molar-refractivity contribution >= 4 is 21.8 Å². The predicted molar refractivity (Wildman–Crippen MR) is 75.4 cm³/mol. The molecule has 1 aromatic rings. The van der Waals surface area contributed by atoms with Gasteiger partial charge in [-0.3, -0.25) is 4.79 Å². The van der Waals surface area contributed by atoms with Gasteiger partial charge in [-0.1, -0.05) is 52.7 Å². The molecule has 1 amide bonds. The van der Waals surface area contributed by atoms with Crippen LogP contribution in [0.2, 0.25) is 0 Å². The minimum absolute atomic E-state index is 0.0934. The van der Waals surface area contributed by atoms with E-state index < -0.39 is 0 Å². The zero-order chi connectivity index (χ0) is 12.8. The fourth-order valence-corrected chi connectivity index (χ4v) is 2.15. The van der Waals surface area contributed by atoms with E-state index in [2.05, 4.69) is 34.2 Å². The van der Waals surface area contributed by atoms with E-state index in [0.29, 0.717) is 12.3 Å². The molecule has 0 aromatic heterocycles. The molecule has 1 N–H and O–H groups in total. The molecular weight excluding hydrogens is 278 g/mol. The van der Waals surface area contributed by atoms with Crippen LogP contribution < -0.4 is 5.32 Å². The molecule has 94 valence electrons. The SMILES string of the molecule is Cc1cccc(CC(=O)NC(C)C(C)CBr)c1. The minimum atomic E-state index is 0.0934. The fourth-order valence-electron chi connectivity index (χ4n) is 1.59. The van der Waals surface area contributed by atoms with Crippen molar-refractivity contribution < 1.29 is 4.79 Å². The number of benzene rings is 1. The Bertz CT molecular complexity index is 378. The van der Waals surface area contributed by atoms with E-state index in [1.54, 1.807) is 0 Å².